The average molecular weight is 336 g/mol. The predicted octanol–water partition coefficient (Wildman–Crippen LogP) is 3.44. The first-order chi connectivity index (χ1) is 10.8. The summed E-state index contributed by atoms with van der Waals surface area (Å²) in [5.74, 6) is 1.52. The van der Waals surface area contributed by atoms with Crippen LogP contribution in [0.3, 0.4) is 0 Å². The highest BCUT2D eigenvalue weighted by atomic mass is 35.5. The lowest BCUT2D eigenvalue weighted by molar-refractivity contribution is 0.200. The molecule has 1 aromatic heterocycles. The lowest BCUT2D eigenvalue weighted by atomic mass is 9.87. The Morgan fingerprint density at radius 2 is 1.87 bits per heavy atom. The molecule has 23 heavy (non-hydrogen) atoms. The maximum absolute atomic E-state index is 5.93. The van der Waals surface area contributed by atoms with Gasteiger partial charge in [-0.3, -0.25) is 4.68 Å². The molecule has 1 fully saturated rings. The zero-order valence-electron chi connectivity index (χ0n) is 13.4. The highest BCUT2D eigenvalue weighted by Crippen LogP contribution is 2.24. The molecule has 1 aliphatic rings. The van der Waals surface area contributed by atoms with Crippen LogP contribution in [0.15, 0.2) is 42.7 Å². The number of halogens is 1. The third-order valence-electron chi connectivity index (χ3n) is 4.46. The maximum Gasteiger partial charge on any atom is 0.157 e. The molecule has 4 nitrogen and oxygen atoms in total. The van der Waals surface area contributed by atoms with Crippen molar-refractivity contribution in [3.8, 4) is 5.75 Å². The second-order valence-electron chi connectivity index (χ2n) is 6.27. The summed E-state index contributed by atoms with van der Waals surface area (Å²) >= 11 is 0. The van der Waals surface area contributed by atoms with E-state index >= 15 is 0 Å². The van der Waals surface area contributed by atoms with Crippen LogP contribution in [0, 0.1) is 5.92 Å². The number of rotatable bonds is 6. The van der Waals surface area contributed by atoms with Gasteiger partial charge in [0.1, 0.15) is 0 Å². The normalized spacial score (nSPS) is 20.7. The predicted molar refractivity (Wildman–Crippen MR) is 95.0 cm³/mol. The van der Waals surface area contributed by atoms with Crippen molar-refractivity contribution in [2.24, 2.45) is 11.7 Å². The summed E-state index contributed by atoms with van der Waals surface area (Å²) in [5, 5.41) is 4.38. The van der Waals surface area contributed by atoms with E-state index in [0.29, 0.717) is 12.0 Å². The van der Waals surface area contributed by atoms with Gasteiger partial charge in [0.15, 0.2) is 5.75 Å². The minimum Gasteiger partial charge on any atom is -0.490 e. The number of hydrogen-bond donors (Lipinski definition) is 1. The molecule has 0 bridgehead atoms. The van der Waals surface area contributed by atoms with Gasteiger partial charge in [0, 0.05) is 12.6 Å². The first-order valence-electron chi connectivity index (χ1n) is 8.24. The Kier molecular flexibility index (Phi) is 6.93. The van der Waals surface area contributed by atoms with Crippen molar-refractivity contribution in [3.05, 3.63) is 48.3 Å². The lowest BCUT2D eigenvalue weighted by Crippen LogP contribution is -2.28. The number of nitrogens with two attached hydrogens (primary N) is 1. The van der Waals surface area contributed by atoms with E-state index in [0.717, 1.165) is 38.2 Å². The van der Waals surface area contributed by atoms with E-state index in [1.165, 1.54) is 18.4 Å². The van der Waals surface area contributed by atoms with Gasteiger partial charge in [-0.05, 0) is 43.6 Å². The molecule has 0 amide bonds. The molecule has 0 aliphatic heterocycles. The Hall–Kier alpha value is -1.52. The van der Waals surface area contributed by atoms with Gasteiger partial charge < -0.3 is 10.5 Å². The van der Waals surface area contributed by atoms with Crippen molar-refractivity contribution in [1.82, 2.24) is 9.78 Å². The van der Waals surface area contributed by atoms with Crippen LogP contribution < -0.4 is 10.5 Å². The molecule has 0 radical (unpaired) electrons. The van der Waals surface area contributed by atoms with Crippen molar-refractivity contribution in [2.75, 3.05) is 6.61 Å². The van der Waals surface area contributed by atoms with Crippen LogP contribution in [0.5, 0.6) is 5.75 Å². The quantitative estimate of drug-likeness (QED) is 0.879. The molecule has 0 atom stereocenters. The first-order valence-corrected chi connectivity index (χ1v) is 8.24. The summed E-state index contributed by atoms with van der Waals surface area (Å²) < 4.78 is 7.85. The summed E-state index contributed by atoms with van der Waals surface area (Å²) in [6, 6.07) is 10.9. The fourth-order valence-electron chi connectivity index (χ4n) is 3.00. The Morgan fingerprint density at radius 1 is 1.13 bits per heavy atom. The number of ether oxygens (including phenoxy) is 1. The minimum atomic E-state index is 0. The molecule has 1 aromatic carbocycles. The summed E-state index contributed by atoms with van der Waals surface area (Å²) in [5.41, 5.74) is 7.27. The van der Waals surface area contributed by atoms with Crippen molar-refractivity contribution in [3.63, 3.8) is 0 Å². The van der Waals surface area contributed by atoms with Crippen molar-refractivity contribution >= 4 is 12.4 Å². The molecule has 5 heteroatoms. The summed E-state index contributed by atoms with van der Waals surface area (Å²) in [6.07, 6.45) is 9.43. The van der Waals surface area contributed by atoms with Gasteiger partial charge in [-0.15, -0.1) is 12.4 Å². The van der Waals surface area contributed by atoms with Gasteiger partial charge in [0.25, 0.3) is 0 Å². The third-order valence-corrected chi connectivity index (χ3v) is 4.46. The van der Waals surface area contributed by atoms with Crippen LogP contribution in [0.1, 0.15) is 31.2 Å². The van der Waals surface area contributed by atoms with E-state index in [1.54, 1.807) is 0 Å². The zero-order chi connectivity index (χ0) is 15.2. The maximum atomic E-state index is 5.93. The Bertz CT molecular complexity index is 565. The monoisotopic (exact) mass is 335 g/mol. The van der Waals surface area contributed by atoms with Gasteiger partial charge in [0.2, 0.25) is 0 Å². The number of benzene rings is 1. The van der Waals surface area contributed by atoms with Crippen LogP contribution in [-0.2, 0) is 13.0 Å². The molecule has 3 rings (SSSR count). The molecule has 2 aromatic rings. The van der Waals surface area contributed by atoms with Crippen molar-refractivity contribution in [1.29, 1.82) is 0 Å². The zero-order valence-corrected chi connectivity index (χ0v) is 14.3. The molecule has 1 saturated carbocycles. The number of aryl methyl sites for hydroxylation is 2. The summed E-state index contributed by atoms with van der Waals surface area (Å²) in [6.45, 7) is 1.67. The highest BCUT2D eigenvalue weighted by Gasteiger charge is 2.19. The van der Waals surface area contributed by atoms with Crippen LogP contribution in [0.25, 0.3) is 0 Å². The Balaban J connectivity index is 0.00000192. The molecule has 0 unspecified atom stereocenters. The summed E-state index contributed by atoms with van der Waals surface area (Å²) in [4.78, 5) is 0. The molecule has 126 valence electrons. The smallest absolute Gasteiger partial charge is 0.157 e. The van der Waals surface area contributed by atoms with Crippen LogP contribution in [0.4, 0.5) is 0 Å². The van der Waals surface area contributed by atoms with Crippen molar-refractivity contribution in [2.45, 2.75) is 44.7 Å². The fraction of sp³-hybridized carbons (Fsp3) is 0.500. The van der Waals surface area contributed by atoms with E-state index in [9.17, 15) is 0 Å². The van der Waals surface area contributed by atoms with Gasteiger partial charge >= 0.3 is 0 Å². The molecule has 1 heterocycles. The van der Waals surface area contributed by atoms with Gasteiger partial charge in [0.05, 0.1) is 19.0 Å². The fourth-order valence-corrected chi connectivity index (χ4v) is 3.00. The highest BCUT2D eigenvalue weighted by molar-refractivity contribution is 5.85. The molecular formula is C18H26ClN3O. The average Bonchev–Trinajstić information content (AvgIpc) is 3.01. The first kappa shape index (κ1) is 17.8. The molecule has 1 aliphatic carbocycles. The van der Waals surface area contributed by atoms with Gasteiger partial charge in [-0.2, -0.15) is 5.10 Å². The van der Waals surface area contributed by atoms with Gasteiger partial charge in [-0.1, -0.05) is 30.3 Å². The lowest BCUT2D eigenvalue weighted by Gasteiger charge is -2.25. The van der Waals surface area contributed by atoms with E-state index in [2.05, 4.69) is 29.4 Å². The molecule has 0 spiro atoms. The van der Waals surface area contributed by atoms with E-state index in [-0.39, 0.29) is 12.4 Å². The topological polar surface area (TPSA) is 53.1 Å². The largest absolute Gasteiger partial charge is 0.490 e. The molecular weight excluding hydrogens is 310 g/mol. The van der Waals surface area contributed by atoms with Crippen molar-refractivity contribution < 1.29 is 4.74 Å². The number of nitrogens with zero attached hydrogens (tertiary/aromatic N) is 2. The van der Waals surface area contributed by atoms with Gasteiger partial charge in [-0.25, -0.2) is 0 Å². The second kappa shape index (κ2) is 8.94. The Morgan fingerprint density at radius 3 is 2.61 bits per heavy atom. The number of aromatic nitrogens is 2. The minimum absolute atomic E-state index is 0. The number of hydrogen-bond acceptors (Lipinski definition) is 3. The van der Waals surface area contributed by atoms with E-state index < -0.39 is 0 Å². The molecule has 0 saturated heterocycles. The summed E-state index contributed by atoms with van der Waals surface area (Å²) in [7, 11) is 0. The standard InChI is InChI=1S/C18H25N3O.ClH/c19-17-8-6-16(7-9-17)14-22-18-12-20-21(13-18)11-10-15-4-2-1-3-5-15;/h1-5,12-13,16-17H,6-11,14,19H2;1H. The SMILES string of the molecule is Cl.NC1CCC(COc2cnn(CCc3ccccc3)c2)CC1. The van der Waals surface area contributed by atoms with E-state index in [1.807, 2.05) is 23.1 Å². The van der Waals surface area contributed by atoms with Crippen LogP contribution in [0.2, 0.25) is 0 Å². The van der Waals surface area contributed by atoms with E-state index in [4.69, 9.17) is 10.5 Å². The Labute approximate surface area is 144 Å². The molecule has 2 N–H and O–H groups in total. The second-order valence-corrected chi connectivity index (χ2v) is 6.27. The van der Waals surface area contributed by atoms with Crippen LogP contribution in [-0.4, -0.2) is 22.4 Å². The van der Waals surface area contributed by atoms with Crippen LogP contribution >= 0.6 is 12.4 Å². The third kappa shape index (κ3) is 5.56.